The molecule has 21 heavy (non-hydrogen) atoms. The molecule has 0 radical (unpaired) electrons. The number of methoxy groups -OCH3 is 2. The fourth-order valence-electron chi connectivity index (χ4n) is 1.69. The Morgan fingerprint density at radius 2 is 1.71 bits per heavy atom. The fourth-order valence-corrected chi connectivity index (χ4v) is 1.69. The van der Waals surface area contributed by atoms with Crippen LogP contribution < -0.4 is 10.6 Å². The van der Waals surface area contributed by atoms with Crippen LogP contribution in [0.15, 0.2) is 4.99 Å². The molecule has 0 heterocycles. The number of nitrogens with one attached hydrogen (secondary N) is 2. The van der Waals surface area contributed by atoms with Gasteiger partial charge in [0.05, 0.1) is 19.1 Å². The van der Waals surface area contributed by atoms with Gasteiger partial charge in [0.15, 0.2) is 5.96 Å². The van der Waals surface area contributed by atoms with Crippen molar-refractivity contribution in [1.82, 2.24) is 10.6 Å². The van der Waals surface area contributed by atoms with E-state index in [-0.39, 0.29) is 47.4 Å². The molecule has 7 heteroatoms. The first kappa shape index (κ1) is 22.7. The molecule has 0 aliphatic rings. The number of nitrogens with zero attached hydrogens (tertiary/aromatic N) is 1. The third-order valence-corrected chi connectivity index (χ3v) is 3.11. The van der Waals surface area contributed by atoms with E-state index in [4.69, 9.17) is 4.74 Å². The Labute approximate surface area is 145 Å². The second-order valence-corrected chi connectivity index (χ2v) is 5.85. The molecule has 0 spiro atoms. The maximum atomic E-state index is 11.3. The summed E-state index contributed by atoms with van der Waals surface area (Å²) >= 11 is 0. The smallest absolute Gasteiger partial charge is 0.310 e. The van der Waals surface area contributed by atoms with Crippen LogP contribution in [0.25, 0.3) is 0 Å². The minimum Gasteiger partial charge on any atom is -0.469 e. The summed E-state index contributed by atoms with van der Waals surface area (Å²) in [5, 5.41) is 6.30. The van der Waals surface area contributed by atoms with E-state index in [2.05, 4.69) is 41.1 Å². The Balaban J connectivity index is 0. The lowest BCUT2D eigenvalue weighted by molar-refractivity contribution is -0.144. The van der Waals surface area contributed by atoms with Crippen molar-refractivity contribution < 1.29 is 14.3 Å². The Morgan fingerprint density at radius 1 is 1.19 bits per heavy atom. The number of aliphatic imine (C=N–C) groups is 1. The van der Waals surface area contributed by atoms with Crippen molar-refractivity contribution in [2.24, 2.45) is 16.3 Å². The van der Waals surface area contributed by atoms with Gasteiger partial charge in [-0.3, -0.25) is 9.79 Å². The molecule has 126 valence electrons. The summed E-state index contributed by atoms with van der Waals surface area (Å²) in [6.07, 6.45) is 0.0686. The van der Waals surface area contributed by atoms with Crippen molar-refractivity contribution >= 4 is 35.9 Å². The van der Waals surface area contributed by atoms with Crippen molar-refractivity contribution in [3.05, 3.63) is 0 Å². The number of guanidine groups is 1. The van der Waals surface area contributed by atoms with Crippen LogP contribution in [0.2, 0.25) is 0 Å². The summed E-state index contributed by atoms with van der Waals surface area (Å²) in [4.78, 5) is 15.4. The van der Waals surface area contributed by atoms with Crippen LogP contribution in [0.5, 0.6) is 0 Å². The van der Waals surface area contributed by atoms with E-state index < -0.39 is 0 Å². The standard InChI is InChI=1S/C14H29N3O3.HI/c1-10(12(18)20-7)8-16-13(15-5)17-9-11(19-6)14(2,3)4;/h10-11H,8-9H2,1-7H3,(H2,15,16,17);1H. The molecule has 0 aliphatic carbocycles. The zero-order valence-corrected chi connectivity index (χ0v) is 16.5. The van der Waals surface area contributed by atoms with Gasteiger partial charge in [-0.2, -0.15) is 0 Å². The van der Waals surface area contributed by atoms with E-state index in [1.54, 1.807) is 21.1 Å². The quantitative estimate of drug-likeness (QED) is 0.299. The monoisotopic (exact) mass is 415 g/mol. The highest BCUT2D eigenvalue weighted by molar-refractivity contribution is 14.0. The summed E-state index contributed by atoms with van der Waals surface area (Å²) in [5.41, 5.74) is 0.0416. The molecule has 2 N–H and O–H groups in total. The lowest BCUT2D eigenvalue weighted by Crippen LogP contribution is -2.46. The van der Waals surface area contributed by atoms with Gasteiger partial charge in [-0.15, -0.1) is 24.0 Å². The van der Waals surface area contributed by atoms with Gasteiger partial charge >= 0.3 is 5.97 Å². The summed E-state index contributed by atoms with van der Waals surface area (Å²) in [6, 6.07) is 0. The van der Waals surface area contributed by atoms with Crippen molar-refractivity contribution in [1.29, 1.82) is 0 Å². The normalized spacial score (nSPS) is 14.7. The Hall–Kier alpha value is -0.570. The van der Waals surface area contributed by atoms with Gasteiger partial charge in [0.2, 0.25) is 0 Å². The van der Waals surface area contributed by atoms with Crippen molar-refractivity contribution in [3.63, 3.8) is 0 Å². The average molecular weight is 415 g/mol. The zero-order valence-electron chi connectivity index (χ0n) is 14.1. The van der Waals surface area contributed by atoms with E-state index in [0.717, 1.165) is 0 Å². The summed E-state index contributed by atoms with van der Waals surface area (Å²) < 4.78 is 10.2. The average Bonchev–Trinajstić information content (AvgIpc) is 2.39. The third-order valence-electron chi connectivity index (χ3n) is 3.11. The molecule has 2 atom stereocenters. The molecule has 6 nitrogen and oxygen atoms in total. The predicted molar refractivity (Wildman–Crippen MR) is 96.2 cm³/mol. The van der Waals surface area contributed by atoms with Gasteiger partial charge in [0.1, 0.15) is 0 Å². The number of carbonyl (C=O) groups is 1. The van der Waals surface area contributed by atoms with Gasteiger partial charge in [-0.05, 0) is 5.41 Å². The summed E-state index contributed by atoms with van der Waals surface area (Å²) in [6.45, 7) is 9.29. The number of hydrogen-bond acceptors (Lipinski definition) is 4. The minimum atomic E-state index is -0.239. The molecule has 0 rings (SSSR count). The molecule has 0 bridgehead atoms. The number of ether oxygens (including phenoxy) is 2. The van der Waals surface area contributed by atoms with Gasteiger partial charge in [-0.25, -0.2) is 0 Å². The Morgan fingerprint density at radius 3 is 2.10 bits per heavy atom. The maximum absolute atomic E-state index is 11.3. The number of rotatable bonds is 6. The first-order chi connectivity index (χ1) is 9.26. The van der Waals surface area contributed by atoms with Crippen LogP contribution in [0.3, 0.4) is 0 Å². The second-order valence-electron chi connectivity index (χ2n) is 5.85. The predicted octanol–water partition coefficient (Wildman–Crippen LogP) is 1.64. The molecule has 0 aromatic heterocycles. The zero-order chi connectivity index (χ0) is 15.8. The largest absolute Gasteiger partial charge is 0.469 e. The fraction of sp³-hybridized carbons (Fsp3) is 0.857. The van der Waals surface area contributed by atoms with E-state index in [9.17, 15) is 4.79 Å². The molecular weight excluding hydrogens is 385 g/mol. The Kier molecular flexibility index (Phi) is 12.0. The molecule has 0 saturated carbocycles. The van der Waals surface area contributed by atoms with Gasteiger partial charge in [0, 0.05) is 27.2 Å². The first-order valence-electron chi connectivity index (χ1n) is 6.81. The lowest BCUT2D eigenvalue weighted by Gasteiger charge is -2.30. The molecule has 0 saturated heterocycles. The third kappa shape index (κ3) is 9.13. The number of esters is 1. The lowest BCUT2D eigenvalue weighted by atomic mass is 9.89. The van der Waals surface area contributed by atoms with Crippen molar-refractivity contribution in [3.8, 4) is 0 Å². The Bertz CT molecular complexity index is 330. The first-order valence-corrected chi connectivity index (χ1v) is 6.81. The van der Waals surface area contributed by atoms with E-state index in [1.165, 1.54) is 7.11 Å². The van der Waals surface area contributed by atoms with Crippen molar-refractivity contribution in [2.45, 2.75) is 33.8 Å². The van der Waals surface area contributed by atoms with Crippen LogP contribution in [0, 0.1) is 11.3 Å². The minimum absolute atomic E-state index is 0. The van der Waals surface area contributed by atoms with E-state index in [1.807, 2.05) is 0 Å². The summed E-state index contributed by atoms with van der Waals surface area (Å²) in [5.74, 6) is 0.184. The molecule has 2 unspecified atom stereocenters. The van der Waals surface area contributed by atoms with Crippen molar-refractivity contribution in [2.75, 3.05) is 34.4 Å². The van der Waals surface area contributed by atoms with Gasteiger partial charge in [0.25, 0.3) is 0 Å². The molecule has 0 amide bonds. The second kappa shape index (κ2) is 11.1. The van der Waals surface area contributed by atoms with Crippen LogP contribution in [0.1, 0.15) is 27.7 Å². The molecule has 0 fully saturated rings. The highest BCUT2D eigenvalue weighted by Crippen LogP contribution is 2.20. The number of halogens is 1. The van der Waals surface area contributed by atoms with Crippen LogP contribution in [0.4, 0.5) is 0 Å². The SMILES string of the molecule is CN=C(NCC(C)C(=O)OC)NCC(OC)C(C)(C)C.I. The van der Waals surface area contributed by atoms with Crippen LogP contribution in [-0.2, 0) is 14.3 Å². The van der Waals surface area contributed by atoms with Gasteiger partial charge < -0.3 is 20.1 Å². The molecule has 0 aromatic rings. The van der Waals surface area contributed by atoms with Crippen LogP contribution in [-0.4, -0.2) is 52.4 Å². The molecule has 0 aromatic carbocycles. The van der Waals surface area contributed by atoms with E-state index >= 15 is 0 Å². The van der Waals surface area contributed by atoms with Crippen LogP contribution >= 0.6 is 24.0 Å². The van der Waals surface area contributed by atoms with E-state index in [0.29, 0.717) is 19.0 Å². The summed E-state index contributed by atoms with van der Waals surface area (Å²) in [7, 11) is 4.78. The highest BCUT2D eigenvalue weighted by Gasteiger charge is 2.24. The topological polar surface area (TPSA) is 72.0 Å². The molecule has 0 aliphatic heterocycles. The number of hydrogen-bond donors (Lipinski definition) is 2. The maximum Gasteiger partial charge on any atom is 0.310 e. The highest BCUT2D eigenvalue weighted by atomic mass is 127. The van der Waals surface area contributed by atoms with Gasteiger partial charge in [-0.1, -0.05) is 27.7 Å². The molecular formula is C14H30IN3O3. The number of carbonyl (C=O) groups excluding carboxylic acids is 1.